The van der Waals surface area contributed by atoms with Gasteiger partial charge in [-0.1, -0.05) is 37.3 Å². The molecule has 0 atom stereocenters. The predicted molar refractivity (Wildman–Crippen MR) is 114 cm³/mol. The molecule has 0 aliphatic heterocycles. The lowest BCUT2D eigenvalue weighted by molar-refractivity contribution is 0.114. The smallest absolute Gasteiger partial charge is 0.213 e. The summed E-state index contributed by atoms with van der Waals surface area (Å²) in [6.07, 6.45) is 10.2. The molecule has 140 valence electrons. The second-order valence-corrected chi connectivity index (χ2v) is 7.16. The number of hydrogen-bond donors (Lipinski definition) is 0. The molecule has 0 spiro atoms. The molecule has 27 heavy (non-hydrogen) atoms. The highest BCUT2D eigenvalue weighted by atomic mass is 16.5. The Kier molecular flexibility index (Phi) is 6.23. The zero-order chi connectivity index (χ0) is 19.2. The molecule has 0 amide bonds. The van der Waals surface area contributed by atoms with E-state index in [1.165, 1.54) is 28.7 Å². The van der Waals surface area contributed by atoms with Crippen LogP contribution in [0.5, 0.6) is 5.88 Å². The number of aliphatic imine (C=N–C) groups is 1. The number of rotatable bonds is 7. The van der Waals surface area contributed by atoms with Crippen molar-refractivity contribution in [1.29, 1.82) is 0 Å². The van der Waals surface area contributed by atoms with Gasteiger partial charge in [-0.15, -0.1) is 0 Å². The van der Waals surface area contributed by atoms with Gasteiger partial charge in [0.05, 0.1) is 0 Å². The van der Waals surface area contributed by atoms with Crippen molar-refractivity contribution in [3.05, 3.63) is 66.0 Å². The van der Waals surface area contributed by atoms with E-state index in [9.17, 15) is 0 Å². The van der Waals surface area contributed by atoms with Gasteiger partial charge in [0.25, 0.3) is 0 Å². The largest absolute Gasteiger partial charge is 0.474 e. The Hall–Kier alpha value is -2.68. The number of pyridine rings is 1. The van der Waals surface area contributed by atoms with E-state index in [1.54, 1.807) is 6.20 Å². The van der Waals surface area contributed by atoms with Crippen LogP contribution in [0.1, 0.15) is 51.2 Å². The van der Waals surface area contributed by atoms with Gasteiger partial charge in [0.1, 0.15) is 6.10 Å². The Balaban J connectivity index is 1.88. The van der Waals surface area contributed by atoms with Gasteiger partial charge in [0, 0.05) is 30.2 Å². The molecule has 1 fully saturated rings. The highest BCUT2D eigenvalue weighted by Gasteiger charge is 2.19. The maximum absolute atomic E-state index is 5.86. The van der Waals surface area contributed by atoms with E-state index in [0.29, 0.717) is 6.10 Å². The molecule has 1 heterocycles. The fourth-order valence-electron chi connectivity index (χ4n) is 3.20. The molecule has 0 unspecified atom stereocenters. The predicted octanol–water partition coefficient (Wildman–Crippen LogP) is 6.25. The fraction of sp³-hybridized carbons (Fsp3) is 0.333. The third-order valence-corrected chi connectivity index (χ3v) is 5.03. The molecule has 3 rings (SSSR count). The van der Waals surface area contributed by atoms with Gasteiger partial charge >= 0.3 is 0 Å². The molecule has 2 aromatic rings. The maximum atomic E-state index is 5.86. The summed E-state index contributed by atoms with van der Waals surface area (Å²) in [5.74, 6) is 0.725. The molecule has 1 saturated carbocycles. The van der Waals surface area contributed by atoms with Crippen LogP contribution in [0, 0.1) is 0 Å². The molecule has 0 saturated heterocycles. The van der Waals surface area contributed by atoms with Crippen LogP contribution in [0.25, 0.3) is 16.7 Å². The monoisotopic (exact) mass is 360 g/mol. The number of allylic oxidation sites excluding steroid dienone is 2. The molecule has 0 bridgehead atoms. The second kappa shape index (κ2) is 8.81. The van der Waals surface area contributed by atoms with Crippen molar-refractivity contribution in [3.63, 3.8) is 0 Å². The van der Waals surface area contributed by atoms with Crippen LogP contribution in [0.3, 0.4) is 0 Å². The molecule has 3 nitrogen and oxygen atoms in total. The summed E-state index contributed by atoms with van der Waals surface area (Å²) in [6.45, 7) is 10.1. The van der Waals surface area contributed by atoms with Crippen molar-refractivity contribution in [2.45, 2.75) is 52.6 Å². The third kappa shape index (κ3) is 4.54. The Morgan fingerprint density at radius 2 is 2.00 bits per heavy atom. The Morgan fingerprint density at radius 1 is 1.22 bits per heavy atom. The zero-order valence-corrected chi connectivity index (χ0v) is 16.5. The molecule has 0 radical (unpaired) electrons. The maximum Gasteiger partial charge on any atom is 0.213 e. The molecule has 0 N–H and O–H groups in total. The summed E-state index contributed by atoms with van der Waals surface area (Å²) >= 11 is 0. The van der Waals surface area contributed by atoms with Gasteiger partial charge in [-0.05, 0) is 67.9 Å². The van der Waals surface area contributed by atoms with Crippen molar-refractivity contribution < 1.29 is 4.74 Å². The molecule has 3 heteroatoms. The summed E-state index contributed by atoms with van der Waals surface area (Å²) in [5.41, 5.74) is 7.20. The highest BCUT2D eigenvalue weighted by Crippen LogP contribution is 2.29. The van der Waals surface area contributed by atoms with Gasteiger partial charge < -0.3 is 4.74 Å². The average molecular weight is 361 g/mol. The van der Waals surface area contributed by atoms with Crippen molar-refractivity contribution in [2.24, 2.45) is 4.99 Å². The molecule has 1 aromatic heterocycles. The Morgan fingerprint density at radius 3 is 2.56 bits per heavy atom. The van der Waals surface area contributed by atoms with Gasteiger partial charge in [0.15, 0.2) is 0 Å². The first kappa shape index (κ1) is 19.1. The Labute approximate surface area is 162 Å². The Bertz CT molecular complexity index is 854. The van der Waals surface area contributed by atoms with Crippen LogP contribution in [-0.2, 0) is 6.42 Å². The standard InChI is InChI=1S/C24H28N2O/c1-5-18-14-19(10-12-22(18)23(17(3)4)16-25-6-2)20-11-13-24(26-15-20)27-21-8-7-9-21/h6,10-16,21H,2,5,7-9H2,1,3-4H3. The number of benzene rings is 1. The first-order valence-corrected chi connectivity index (χ1v) is 9.70. The summed E-state index contributed by atoms with van der Waals surface area (Å²) in [5, 5.41) is 0. The number of hydrogen-bond acceptors (Lipinski definition) is 3. The summed E-state index contributed by atoms with van der Waals surface area (Å²) < 4.78 is 5.86. The minimum absolute atomic E-state index is 0.356. The summed E-state index contributed by atoms with van der Waals surface area (Å²) in [7, 11) is 0. The van der Waals surface area contributed by atoms with Crippen molar-refractivity contribution in [2.75, 3.05) is 0 Å². The van der Waals surface area contributed by atoms with Gasteiger partial charge in [0.2, 0.25) is 5.88 Å². The van der Waals surface area contributed by atoms with Crippen LogP contribution in [-0.4, -0.2) is 17.3 Å². The zero-order valence-electron chi connectivity index (χ0n) is 16.5. The van der Waals surface area contributed by atoms with E-state index in [0.717, 1.165) is 36.3 Å². The van der Waals surface area contributed by atoms with Gasteiger partial charge in [-0.2, -0.15) is 0 Å². The van der Waals surface area contributed by atoms with E-state index in [4.69, 9.17) is 4.74 Å². The lowest BCUT2D eigenvalue weighted by Crippen LogP contribution is -2.24. The molecule has 1 aliphatic rings. The molecule has 1 aliphatic carbocycles. The van der Waals surface area contributed by atoms with E-state index < -0.39 is 0 Å². The van der Waals surface area contributed by atoms with Crippen molar-refractivity contribution in [1.82, 2.24) is 4.98 Å². The van der Waals surface area contributed by atoms with E-state index in [-0.39, 0.29) is 0 Å². The van der Waals surface area contributed by atoms with Crippen molar-refractivity contribution in [3.8, 4) is 17.0 Å². The minimum atomic E-state index is 0.356. The average Bonchev–Trinajstić information content (AvgIpc) is 2.65. The van der Waals surface area contributed by atoms with Crippen LogP contribution < -0.4 is 4.74 Å². The first-order valence-electron chi connectivity index (χ1n) is 9.70. The van der Waals surface area contributed by atoms with E-state index in [2.05, 4.69) is 61.6 Å². The third-order valence-electron chi connectivity index (χ3n) is 5.03. The van der Waals surface area contributed by atoms with Gasteiger partial charge in [-0.25, -0.2) is 4.98 Å². The fourth-order valence-corrected chi connectivity index (χ4v) is 3.20. The van der Waals surface area contributed by atoms with E-state index in [1.807, 2.05) is 18.5 Å². The number of nitrogens with zero attached hydrogens (tertiary/aromatic N) is 2. The van der Waals surface area contributed by atoms with Crippen LogP contribution in [0.15, 0.2) is 59.9 Å². The number of aromatic nitrogens is 1. The normalized spacial score (nSPS) is 14.0. The number of ether oxygens (including phenoxy) is 1. The highest BCUT2D eigenvalue weighted by molar-refractivity contribution is 6.11. The quantitative estimate of drug-likeness (QED) is 0.547. The lowest BCUT2D eigenvalue weighted by Gasteiger charge is -2.25. The summed E-state index contributed by atoms with van der Waals surface area (Å²) in [4.78, 5) is 8.72. The van der Waals surface area contributed by atoms with E-state index >= 15 is 0 Å². The van der Waals surface area contributed by atoms with Gasteiger partial charge in [-0.3, -0.25) is 4.99 Å². The van der Waals surface area contributed by atoms with Crippen LogP contribution in [0.2, 0.25) is 0 Å². The van der Waals surface area contributed by atoms with Crippen LogP contribution >= 0.6 is 0 Å². The van der Waals surface area contributed by atoms with Crippen molar-refractivity contribution >= 4 is 11.8 Å². The molecular formula is C24H28N2O. The molecular weight excluding hydrogens is 332 g/mol. The topological polar surface area (TPSA) is 34.5 Å². The second-order valence-electron chi connectivity index (χ2n) is 7.16. The first-order chi connectivity index (χ1) is 13.1. The number of aryl methyl sites for hydroxylation is 1. The summed E-state index contributed by atoms with van der Waals surface area (Å²) in [6, 6.07) is 10.7. The minimum Gasteiger partial charge on any atom is -0.474 e. The lowest BCUT2D eigenvalue weighted by atomic mass is 9.92. The SMILES string of the molecule is C=CN=CC(=C(C)C)c1ccc(-c2ccc(OC3CCC3)nc2)cc1CC. The van der Waals surface area contributed by atoms with Crippen LogP contribution in [0.4, 0.5) is 0 Å². The molecule has 1 aromatic carbocycles.